The first kappa shape index (κ1) is 18.6. The van der Waals surface area contributed by atoms with Gasteiger partial charge in [-0.05, 0) is 6.07 Å². The highest BCUT2D eigenvalue weighted by molar-refractivity contribution is 7.90. The maximum absolute atomic E-state index is 11.6. The van der Waals surface area contributed by atoms with Gasteiger partial charge < -0.3 is 9.47 Å². The van der Waals surface area contributed by atoms with Crippen molar-refractivity contribution < 1.29 is 17.9 Å². The molecule has 0 aliphatic rings. The van der Waals surface area contributed by atoms with E-state index < -0.39 is 9.84 Å². The zero-order valence-electron chi connectivity index (χ0n) is 13.9. The van der Waals surface area contributed by atoms with Gasteiger partial charge in [0, 0.05) is 29.5 Å². The minimum absolute atomic E-state index is 0.265. The van der Waals surface area contributed by atoms with Gasteiger partial charge in [0.05, 0.1) is 41.7 Å². The second-order valence-corrected chi connectivity index (χ2v) is 8.00. The summed E-state index contributed by atoms with van der Waals surface area (Å²) in [6.45, 7) is 0. The summed E-state index contributed by atoms with van der Waals surface area (Å²) < 4.78 is 33.7. The van der Waals surface area contributed by atoms with Crippen molar-refractivity contribution in [3.8, 4) is 22.8 Å². The number of hydrogen-bond donors (Lipinski definition) is 0. The van der Waals surface area contributed by atoms with Crippen LogP contribution < -0.4 is 9.47 Å². The lowest BCUT2D eigenvalue weighted by molar-refractivity contribution is 0.395. The number of benzene rings is 1. The van der Waals surface area contributed by atoms with Gasteiger partial charge >= 0.3 is 0 Å². The minimum Gasteiger partial charge on any atom is -0.495 e. The zero-order chi connectivity index (χ0) is 19.1. The van der Waals surface area contributed by atoms with E-state index in [0.29, 0.717) is 33.7 Å². The zero-order valence-corrected chi connectivity index (χ0v) is 16.3. The van der Waals surface area contributed by atoms with Gasteiger partial charge in [-0.3, -0.25) is 4.98 Å². The molecule has 0 bridgehead atoms. The summed E-state index contributed by atoms with van der Waals surface area (Å²) in [5, 5.41) is 0.868. The average molecular weight is 414 g/mol. The lowest BCUT2D eigenvalue weighted by atomic mass is 10.1. The third kappa shape index (κ3) is 3.27. The first-order chi connectivity index (χ1) is 12.3. The molecule has 0 atom stereocenters. The number of sulfone groups is 1. The molecular formula is C16H13Cl2N3O4S. The van der Waals surface area contributed by atoms with Crippen LogP contribution in [0.25, 0.3) is 22.2 Å². The molecule has 0 aliphatic heterocycles. The highest BCUT2D eigenvalue weighted by atomic mass is 35.5. The van der Waals surface area contributed by atoms with Crippen molar-refractivity contribution in [3.63, 3.8) is 0 Å². The largest absolute Gasteiger partial charge is 0.495 e. The molecule has 10 heteroatoms. The fourth-order valence-electron chi connectivity index (χ4n) is 2.34. The topological polar surface area (TPSA) is 91.3 Å². The summed E-state index contributed by atoms with van der Waals surface area (Å²) in [4.78, 5) is 12.2. The van der Waals surface area contributed by atoms with Gasteiger partial charge in [0.1, 0.15) is 11.5 Å². The number of ether oxygens (including phenoxy) is 2. The summed E-state index contributed by atoms with van der Waals surface area (Å²) in [7, 11) is -0.556. The predicted molar refractivity (Wildman–Crippen MR) is 99.0 cm³/mol. The Hall–Kier alpha value is -2.16. The Kier molecular flexibility index (Phi) is 4.92. The van der Waals surface area contributed by atoms with Crippen molar-refractivity contribution in [1.29, 1.82) is 0 Å². The van der Waals surface area contributed by atoms with Crippen LogP contribution in [0.5, 0.6) is 11.5 Å². The van der Waals surface area contributed by atoms with E-state index >= 15 is 0 Å². The third-order valence-corrected chi connectivity index (χ3v) is 5.22. The van der Waals surface area contributed by atoms with E-state index in [9.17, 15) is 8.42 Å². The van der Waals surface area contributed by atoms with Gasteiger partial charge in [-0.15, -0.1) is 0 Å². The fraction of sp³-hybridized carbons (Fsp3) is 0.188. The van der Waals surface area contributed by atoms with Gasteiger partial charge in [-0.2, -0.15) is 0 Å². The van der Waals surface area contributed by atoms with Crippen LogP contribution in [0.3, 0.4) is 0 Å². The van der Waals surface area contributed by atoms with Crippen LogP contribution in [0.2, 0.25) is 10.0 Å². The van der Waals surface area contributed by atoms with E-state index in [4.69, 9.17) is 32.7 Å². The van der Waals surface area contributed by atoms with Crippen LogP contribution in [-0.4, -0.2) is 43.8 Å². The van der Waals surface area contributed by atoms with Crippen molar-refractivity contribution in [1.82, 2.24) is 15.0 Å². The molecule has 0 spiro atoms. The van der Waals surface area contributed by atoms with E-state index in [-0.39, 0.29) is 15.2 Å². The van der Waals surface area contributed by atoms with Crippen molar-refractivity contribution >= 4 is 43.9 Å². The third-order valence-electron chi connectivity index (χ3n) is 3.61. The van der Waals surface area contributed by atoms with E-state index in [1.807, 2.05) is 0 Å². The van der Waals surface area contributed by atoms with Crippen LogP contribution in [0, 0.1) is 0 Å². The minimum atomic E-state index is -3.51. The van der Waals surface area contributed by atoms with E-state index in [1.165, 1.54) is 26.6 Å². The number of rotatable bonds is 4. The molecular weight excluding hydrogens is 401 g/mol. The fourth-order valence-corrected chi connectivity index (χ4v) is 3.55. The molecule has 0 N–H and O–H groups in total. The molecule has 136 valence electrons. The Balaban J connectivity index is 2.23. The smallest absolute Gasteiger partial charge is 0.247 e. The number of nitrogens with zero attached hydrogens (tertiary/aromatic N) is 3. The Morgan fingerprint density at radius 3 is 2.12 bits per heavy atom. The predicted octanol–water partition coefficient (Wildman–Crippen LogP) is 3.42. The average Bonchev–Trinajstić information content (AvgIpc) is 2.61. The normalized spacial score (nSPS) is 11.6. The SMILES string of the molecule is COc1cc(OC)c(Cl)c(-c2cc3cnc(S(C)(=O)=O)nc3cn2)c1Cl. The molecule has 3 aromatic rings. The molecule has 0 unspecified atom stereocenters. The molecule has 0 radical (unpaired) electrons. The van der Waals surface area contributed by atoms with Gasteiger partial charge in [0.25, 0.3) is 0 Å². The molecule has 0 saturated heterocycles. The highest BCUT2D eigenvalue weighted by Gasteiger charge is 2.20. The number of pyridine rings is 1. The van der Waals surface area contributed by atoms with Crippen LogP contribution >= 0.6 is 23.2 Å². The van der Waals surface area contributed by atoms with E-state index in [2.05, 4.69) is 15.0 Å². The lowest BCUT2D eigenvalue weighted by Crippen LogP contribution is -2.04. The summed E-state index contributed by atoms with van der Waals surface area (Å²) in [5.74, 6) is 0.766. The van der Waals surface area contributed by atoms with Crippen molar-refractivity contribution in [2.45, 2.75) is 5.16 Å². The highest BCUT2D eigenvalue weighted by Crippen LogP contribution is 2.45. The van der Waals surface area contributed by atoms with Gasteiger partial charge in [-0.1, -0.05) is 23.2 Å². The van der Waals surface area contributed by atoms with Crippen molar-refractivity contribution in [2.75, 3.05) is 20.5 Å². The van der Waals surface area contributed by atoms with E-state index in [0.717, 1.165) is 6.26 Å². The van der Waals surface area contributed by atoms with Gasteiger partial charge in [-0.25, -0.2) is 18.4 Å². The maximum Gasteiger partial charge on any atom is 0.247 e. The molecule has 1 aromatic carbocycles. The Labute approximate surface area is 159 Å². The molecule has 7 nitrogen and oxygen atoms in total. The molecule has 2 aromatic heterocycles. The summed E-state index contributed by atoms with van der Waals surface area (Å²) in [5.41, 5.74) is 1.25. The Bertz CT molecular complexity index is 1090. The van der Waals surface area contributed by atoms with Crippen molar-refractivity contribution in [3.05, 3.63) is 34.6 Å². The number of fused-ring (bicyclic) bond motifs is 1. The van der Waals surface area contributed by atoms with Gasteiger partial charge in [0.15, 0.2) is 0 Å². The number of halogens is 2. The van der Waals surface area contributed by atoms with E-state index in [1.54, 1.807) is 12.1 Å². The monoisotopic (exact) mass is 413 g/mol. The first-order valence-corrected chi connectivity index (χ1v) is 9.84. The quantitative estimate of drug-likeness (QED) is 0.604. The standard InChI is InChI=1S/C16H13Cl2N3O4S/c1-24-11-5-12(25-2)15(18)13(14(11)17)9-4-8-6-20-16(26(3,22)23)21-10(8)7-19-9/h4-7H,1-3H3. The van der Waals surface area contributed by atoms with Gasteiger partial charge in [0.2, 0.25) is 15.0 Å². The summed E-state index contributed by atoms with van der Waals surface area (Å²) in [6, 6.07) is 3.24. The molecule has 0 aliphatic carbocycles. The second kappa shape index (κ2) is 6.86. The number of aromatic nitrogens is 3. The van der Waals surface area contributed by atoms with Crippen LogP contribution in [0.15, 0.2) is 29.7 Å². The van der Waals surface area contributed by atoms with Crippen LogP contribution in [-0.2, 0) is 9.84 Å². The molecule has 2 heterocycles. The van der Waals surface area contributed by atoms with Crippen LogP contribution in [0.1, 0.15) is 0 Å². The second-order valence-electron chi connectivity index (χ2n) is 5.34. The van der Waals surface area contributed by atoms with Crippen LogP contribution in [0.4, 0.5) is 0 Å². The molecule has 26 heavy (non-hydrogen) atoms. The number of methoxy groups -OCH3 is 2. The molecule has 0 saturated carbocycles. The molecule has 3 rings (SSSR count). The first-order valence-electron chi connectivity index (χ1n) is 7.19. The summed E-state index contributed by atoms with van der Waals surface area (Å²) >= 11 is 12.8. The summed E-state index contributed by atoms with van der Waals surface area (Å²) in [6.07, 6.45) is 3.88. The lowest BCUT2D eigenvalue weighted by Gasteiger charge is -2.14. The number of hydrogen-bond acceptors (Lipinski definition) is 7. The molecule has 0 amide bonds. The maximum atomic E-state index is 11.6. The molecule has 0 fully saturated rings. The Morgan fingerprint density at radius 2 is 1.58 bits per heavy atom. The Morgan fingerprint density at radius 1 is 0.962 bits per heavy atom. The van der Waals surface area contributed by atoms with Crippen molar-refractivity contribution in [2.24, 2.45) is 0 Å².